The fourth-order valence-electron chi connectivity index (χ4n) is 1.42. The summed E-state index contributed by atoms with van der Waals surface area (Å²) in [6.07, 6.45) is 1.76. The molecule has 0 N–H and O–H groups in total. The fourth-order valence-corrected chi connectivity index (χ4v) is 1.74. The Balaban J connectivity index is 2.45. The molecule has 2 aromatic rings. The average Bonchev–Trinajstić information content (AvgIpc) is 2.59. The van der Waals surface area contributed by atoms with Crippen molar-refractivity contribution < 1.29 is 4.74 Å². The van der Waals surface area contributed by atoms with E-state index in [4.69, 9.17) is 27.9 Å². The van der Waals surface area contributed by atoms with Gasteiger partial charge in [-0.1, -0.05) is 23.2 Å². The Morgan fingerprint density at radius 2 is 2.07 bits per heavy atom. The number of halogens is 2. The summed E-state index contributed by atoms with van der Waals surface area (Å²) in [5.41, 5.74) is 1.82. The molecule has 0 aliphatic rings. The van der Waals surface area contributed by atoms with Crippen LogP contribution >= 0.6 is 23.2 Å². The summed E-state index contributed by atoms with van der Waals surface area (Å²) in [4.78, 5) is 4.24. The molecule has 0 aliphatic carbocycles. The van der Waals surface area contributed by atoms with Gasteiger partial charge in [-0.05, 0) is 12.1 Å². The smallest absolute Gasteiger partial charge is 0.0959 e. The molecule has 1 heterocycles. The van der Waals surface area contributed by atoms with E-state index in [1.165, 1.54) is 0 Å². The molecule has 1 aromatic heterocycles. The van der Waals surface area contributed by atoms with Crippen molar-refractivity contribution in [2.24, 2.45) is 0 Å². The first-order valence-electron chi connectivity index (χ1n) is 4.51. The zero-order valence-electron chi connectivity index (χ0n) is 8.20. The SMILES string of the molecule is COCCn1cnc2cc(Cl)c(Cl)cc21. The summed E-state index contributed by atoms with van der Waals surface area (Å²) in [7, 11) is 1.67. The van der Waals surface area contributed by atoms with Crippen molar-refractivity contribution in [3.05, 3.63) is 28.5 Å². The Hall–Kier alpha value is -0.770. The van der Waals surface area contributed by atoms with Crippen molar-refractivity contribution in [2.45, 2.75) is 6.54 Å². The second-order valence-corrected chi connectivity index (χ2v) is 4.00. The van der Waals surface area contributed by atoms with Crippen LogP contribution in [0.25, 0.3) is 11.0 Å². The molecule has 80 valence electrons. The van der Waals surface area contributed by atoms with E-state index < -0.39 is 0 Å². The quantitative estimate of drug-likeness (QED) is 0.831. The molecule has 2 rings (SSSR count). The van der Waals surface area contributed by atoms with Gasteiger partial charge in [-0.2, -0.15) is 0 Å². The highest BCUT2D eigenvalue weighted by molar-refractivity contribution is 6.42. The number of rotatable bonds is 3. The number of ether oxygens (including phenoxy) is 1. The number of nitrogens with zero attached hydrogens (tertiary/aromatic N) is 2. The lowest BCUT2D eigenvalue weighted by Gasteiger charge is -2.03. The van der Waals surface area contributed by atoms with Crippen molar-refractivity contribution in [3.8, 4) is 0 Å². The van der Waals surface area contributed by atoms with Gasteiger partial charge in [0, 0.05) is 13.7 Å². The second-order valence-electron chi connectivity index (χ2n) is 3.19. The van der Waals surface area contributed by atoms with Crippen LogP contribution in [-0.2, 0) is 11.3 Å². The maximum atomic E-state index is 5.95. The lowest BCUT2D eigenvalue weighted by Crippen LogP contribution is -2.02. The Morgan fingerprint density at radius 1 is 1.33 bits per heavy atom. The van der Waals surface area contributed by atoms with Gasteiger partial charge in [0.25, 0.3) is 0 Å². The molecule has 3 nitrogen and oxygen atoms in total. The highest BCUT2D eigenvalue weighted by Gasteiger charge is 2.06. The van der Waals surface area contributed by atoms with Crippen LogP contribution in [-0.4, -0.2) is 23.3 Å². The van der Waals surface area contributed by atoms with E-state index in [1.807, 2.05) is 10.6 Å². The third kappa shape index (κ3) is 2.09. The maximum Gasteiger partial charge on any atom is 0.0959 e. The summed E-state index contributed by atoms with van der Waals surface area (Å²) in [6, 6.07) is 3.59. The lowest BCUT2D eigenvalue weighted by molar-refractivity contribution is 0.188. The molecule has 0 atom stereocenters. The molecule has 0 unspecified atom stereocenters. The largest absolute Gasteiger partial charge is 0.383 e. The lowest BCUT2D eigenvalue weighted by atomic mass is 10.3. The van der Waals surface area contributed by atoms with Crippen molar-refractivity contribution in [1.82, 2.24) is 9.55 Å². The van der Waals surface area contributed by atoms with Crippen molar-refractivity contribution in [3.63, 3.8) is 0 Å². The molecule has 0 saturated carbocycles. The molecule has 1 aromatic carbocycles. The second kappa shape index (κ2) is 4.39. The highest BCUT2D eigenvalue weighted by atomic mass is 35.5. The van der Waals surface area contributed by atoms with Gasteiger partial charge in [0.2, 0.25) is 0 Å². The predicted molar refractivity (Wildman–Crippen MR) is 61.6 cm³/mol. The van der Waals surface area contributed by atoms with Crippen LogP contribution < -0.4 is 0 Å². The zero-order chi connectivity index (χ0) is 10.8. The predicted octanol–water partition coefficient (Wildman–Crippen LogP) is 2.99. The molecule has 0 amide bonds. The molecule has 0 aliphatic heterocycles. The van der Waals surface area contributed by atoms with Gasteiger partial charge in [0.15, 0.2) is 0 Å². The van der Waals surface area contributed by atoms with E-state index in [0.717, 1.165) is 17.6 Å². The van der Waals surface area contributed by atoms with Crippen LogP contribution in [0, 0.1) is 0 Å². The Labute approximate surface area is 97.6 Å². The summed E-state index contributed by atoms with van der Waals surface area (Å²) < 4.78 is 7.00. The van der Waals surface area contributed by atoms with Gasteiger partial charge >= 0.3 is 0 Å². The zero-order valence-corrected chi connectivity index (χ0v) is 9.72. The maximum absolute atomic E-state index is 5.95. The first-order chi connectivity index (χ1) is 7.22. The van der Waals surface area contributed by atoms with Crippen LogP contribution in [0.3, 0.4) is 0 Å². The topological polar surface area (TPSA) is 27.1 Å². The van der Waals surface area contributed by atoms with Gasteiger partial charge < -0.3 is 9.30 Å². The summed E-state index contributed by atoms with van der Waals surface area (Å²) >= 11 is 11.8. The average molecular weight is 245 g/mol. The molecule has 0 radical (unpaired) electrons. The summed E-state index contributed by atoms with van der Waals surface area (Å²) in [5, 5.41) is 1.07. The third-order valence-corrected chi connectivity index (χ3v) is 2.92. The number of hydrogen-bond acceptors (Lipinski definition) is 2. The van der Waals surface area contributed by atoms with Crippen LogP contribution in [0.4, 0.5) is 0 Å². The minimum atomic E-state index is 0.529. The number of fused-ring (bicyclic) bond motifs is 1. The highest BCUT2D eigenvalue weighted by Crippen LogP contribution is 2.27. The van der Waals surface area contributed by atoms with Crippen molar-refractivity contribution >= 4 is 34.2 Å². The Morgan fingerprint density at radius 3 is 2.80 bits per heavy atom. The fraction of sp³-hybridized carbons (Fsp3) is 0.300. The Bertz CT molecular complexity index is 481. The van der Waals surface area contributed by atoms with E-state index in [2.05, 4.69) is 4.98 Å². The van der Waals surface area contributed by atoms with E-state index in [0.29, 0.717) is 16.7 Å². The van der Waals surface area contributed by atoms with E-state index in [9.17, 15) is 0 Å². The number of imidazole rings is 1. The third-order valence-electron chi connectivity index (χ3n) is 2.20. The molecule has 0 spiro atoms. The van der Waals surface area contributed by atoms with Crippen LogP contribution in [0.5, 0.6) is 0 Å². The van der Waals surface area contributed by atoms with Crippen molar-refractivity contribution in [2.75, 3.05) is 13.7 Å². The minimum Gasteiger partial charge on any atom is -0.383 e. The molecule has 0 saturated heterocycles. The van der Waals surface area contributed by atoms with Gasteiger partial charge in [-0.25, -0.2) is 4.98 Å². The van der Waals surface area contributed by atoms with Gasteiger partial charge in [0.05, 0.1) is 34.0 Å². The number of benzene rings is 1. The molecular weight excluding hydrogens is 235 g/mol. The van der Waals surface area contributed by atoms with Gasteiger partial charge in [-0.15, -0.1) is 0 Å². The Kier molecular flexibility index (Phi) is 3.14. The van der Waals surface area contributed by atoms with Gasteiger partial charge in [-0.3, -0.25) is 0 Å². The van der Waals surface area contributed by atoms with Crippen molar-refractivity contribution in [1.29, 1.82) is 0 Å². The molecule has 15 heavy (non-hydrogen) atoms. The molecule has 5 heteroatoms. The molecular formula is C10H10Cl2N2O. The minimum absolute atomic E-state index is 0.529. The number of aromatic nitrogens is 2. The van der Waals surface area contributed by atoms with Crippen LogP contribution in [0.1, 0.15) is 0 Å². The normalized spacial score (nSPS) is 11.1. The van der Waals surface area contributed by atoms with Crippen LogP contribution in [0.2, 0.25) is 10.0 Å². The molecule has 0 bridgehead atoms. The first kappa shape index (κ1) is 10.7. The van der Waals surface area contributed by atoms with E-state index in [-0.39, 0.29) is 0 Å². The molecule has 0 fully saturated rings. The van der Waals surface area contributed by atoms with E-state index in [1.54, 1.807) is 19.5 Å². The summed E-state index contributed by atoms with van der Waals surface area (Å²) in [6.45, 7) is 1.40. The standard InChI is InChI=1S/C10H10Cl2N2O/c1-15-3-2-14-6-13-9-4-7(11)8(12)5-10(9)14/h4-6H,2-3H2,1H3. The van der Waals surface area contributed by atoms with Gasteiger partial charge in [0.1, 0.15) is 0 Å². The monoisotopic (exact) mass is 244 g/mol. The first-order valence-corrected chi connectivity index (χ1v) is 5.27. The van der Waals surface area contributed by atoms with Crippen LogP contribution in [0.15, 0.2) is 18.5 Å². The number of methoxy groups -OCH3 is 1. The van der Waals surface area contributed by atoms with E-state index >= 15 is 0 Å². The number of hydrogen-bond donors (Lipinski definition) is 0. The summed E-state index contributed by atoms with van der Waals surface area (Å²) in [5.74, 6) is 0.